The van der Waals surface area contributed by atoms with Gasteiger partial charge in [0.2, 0.25) is 0 Å². The molecule has 1 aliphatic rings. The lowest BCUT2D eigenvalue weighted by molar-refractivity contribution is 0.0274. The van der Waals surface area contributed by atoms with Gasteiger partial charge in [0.25, 0.3) is 0 Å². The van der Waals surface area contributed by atoms with Crippen molar-refractivity contribution in [2.75, 3.05) is 33.4 Å². The van der Waals surface area contributed by atoms with Crippen LogP contribution in [0, 0.1) is 0 Å². The first-order valence-corrected chi connectivity index (χ1v) is 8.16. The van der Waals surface area contributed by atoms with Crippen molar-refractivity contribution in [2.24, 2.45) is 0 Å². The van der Waals surface area contributed by atoms with Crippen LogP contribution in [0.1, 0.15) is 12.0 Å². The van der Waals surface area contributed by atoms with E-state index in [1.54, 1.807) is 24.2 Å². The van der Waals surface area contributed by atoms with Crippen molar-refractivity contribution < 1.29 is 14.6 Å². The molecule has 3 rings (SSSR count). The Balaban J connectivity index is 1.54. The number of likely N-dealkylation sites (tertiary alicyclic amines) is 1. The number of benzene rings is 1. The number of rotatable bonds is 8. The van der Waals surface area contributed by atoms with Crippen LogP contribution in [0.4, 0.5) is 0 Å². The Labute approximate surface area is 141 Å². The zero-order valence-electron chi connectivity index (χ0n) is 14.0. The first-order valence-electron chi connectivity index (χ1n) is 8.16. The summed E-state index contributed by atoms with van der Waals surface area (Å²) in [6, 6.07) is 8.07. The lowest BCUT2D eigenvalue weighted by atomic mass is 10.0. The van der Waals surface area contributed by atoms with Crippen LogP contribution < -0.4 is 4.74 Å². The molecule has 7 heteroatoms. The molecule has 0 saturated carbocycles. The fraction of sp³-hybridized carbons (Fsp3) is 0.529. The summed E-state index contributed by atoms with van der Waals surface area (Å²) in [5.74, 6) is 0.849. The lowest BCUT2D eigenvalue weighted by Gasteiger charge is -2.23. The van der Waals surface area contributed by atoms with E-state index >= 15 is 0 Å². The summed E-state index contributed by atoms with van der Waals surface area (Å²) in [5, 5.41) is 18.5. The van der Waals surface area contributed by atoms with E-state index < -0.39 is 5.60 Å². The average molecular weight is 332 g/mol. The summed E-state index contributed by atoms with van der Waals surface area (Å²) in [5.41, 5.74) is 0.426. The molecule has 0 bridgehead atoms. The Morgan fingerprint density at radius 1 is 1.33 bits per heavy atom. The van der Waals surface area contributed by atoms with Crippen molar-refractivity contribution in [3.63, 3.8) is 0 Å². The first kappa shape index (κ1) is 16.9. The SMILES string of the molecule is COCCOc1cccc(CN2CCC(O)(Cn3ccnn3)C2)c1. The Morgan fingerprint density at radius 3 is 3.04 bits per heavy atom. The van der Waals surface area contributed by atoms with Crippen molar-refractivity contribution in [3.8, 4) is 5.75 Å². The van der Waals surface area contributed by atoms with Gasteiger partial charge in [-0.1, -0.05) is 17.3 Å². The van der Waals surface area contributed by atoms with Crippen LogP contribution in [0.25, 0.3) is 0 Å². The van der Waals surface area contributed by atoms with Gasteiger partial charge in [-0.25, -0.2) is 4.68 Å². The van der Waals surface area contributed by atoms with Crippen molar-refractivity contribution in [3.05, 3.63) is 42.2 Å². The number of methoxy groups -OCH3 is 1. The van der Waals surface area contributed by atoms with E-state index in [0.717, 1.165) is 25.3 Å². The summed E-state index contributed by atoms with van der Waals surface area (Å²) in [6.07, 6.45) is 4.14. The third-order valence-corrected chi connectivity index (χ3v) is 4.20. The van der Waals surface area contributed by atoms with Crippen LogP contribution in [0.5, 0.6) is 5.75 Å². The molecule has 1 atom stereocenters. The number of nitrogens with zero attached hydrogens (tertiary/aromatic N) is 4. The predicted molar refractivity (Wildman–Crippen MR) is 88.7 cm³/mol. The van der Waals surface area contributed by atoms with Crippen molar-refractivity contribution in [2.45, 2.75) is 25.1 Å². The highest BCUT2D eigenvalue weighted by Gasteiger charge is 2.36. The van der Waals surface area contributed by atoms with Crippen LogP contribution in [-0.2, 0) is 17.8 Å². The quantitative estimate of drug-likeness (QED) is 0.726. The molecule has 2 heterocycles. The van der Waals surface area contributed by atoms with E-state index in [-0.39, 0.29) is 0 Å². The first-order chi connectivity index (χ1) is 11.7. The van der Waals surface area contributed by atoms with E-state index in [9.17, 15) is 5.11 Å². The van der Waals surface area contributed by atoms with Gasteiger partial charge in [0.05, 0.1) is 24.9 Å². The second-order valence-electron chi connectivity index (χ2n) is 6.27. The molecule has 130 valence electrons. The standard InChI is InChI=1S/C17H24N4O3/c1-23-9-10-24-16-4-2-3-15(11-16)12-20-7-5-17(22,13-20)14-21-8-6-18-19-21/h2-4,6,8,11,22H,5,7,9-10,12-14H2,1H3. The fourth-order valence-corrected chi connectivity index (χ4v) is 3.06. The lowest BCUT2D eigenvalue weighted by Crippen LogP contribution is -2.37. The molecule has 1 aromatic heterocycles. The van der Waals surface area contributed by atoms with Crippen molar-refractivity contribution in [1.82, 2.24) is 19.9 Å². The van der Waals surface area contributed by atoms with Gasteiger partial charge < -0.3 is 14.6 Å². The highest BCUT2D eigenvalue weighted by Crippen LogP contribution is 2.25. The second-order valence-corrected chi connectivity index (χ2v) is 6.27. The number of aliphatic hydroxyl groups is 1. The minimum Gasteiger partial charge on any atom is -0.491 e. The highest BCUT2D eigenvalue weighted by atomic mass is 16.5. The molecule has 1 aliphatic heterocycles. The normalized spacial score (nSPS) is 21.2. The summed E-state index contributed by atoms with van der Waals surface area (Å²) in [4.78, 5) is 2.26. The molecule has 24 heavy (non-hydrogen) atoms. The van der Waals surface area contributed by atoms with Crippen LogP contribution in [0.15, 0.2) is 36.7 Å². The summed E-state index contributed by atoms with van der Waals surface area (Å²) < 4.78 is 12.3. The number of ether oxygens (including phenoxy) is 2. The van der Waals surface area contributed by atoms with Gasteiger partial charge in [0, 0.05) is 32.9 Å². The van der Waals surface area contributed by atoms with Crippen LogP contribution in [-0.4, -0.2) is 64.0 Å². The van der Waals surface area contributed by atoms with E-state index in [2.05, 4.69) is 21.3 Å². The predicted octanol–water partition coefficient (Wildman–Crippen LogP) is 0.940. The Kier molecular flexibility index (Phi) is 5.44. The second kappa shape index (κ2) is 7.74. The van der Waals surface area contributed by atoms with Gasteiger partial charge in [-0.05, 0) is 24.1 Å². The molecule has 1 saturated heterocycles. The minimum absolute atomic E-state index is 0.476. The Hall–Kier alpha value is -1.96. The molecular formula is C17H24N4O3. The van der Waals surface area contributed by atoms with Crippen LogP contribution in [0.3, 0.4) is 0 Å². The number of hydrogen-bond donors (Lipinski definition) is 1. The fourth-order valence-electron chi connectivity index (χ4n) is 3.06. The Morgan fingerprint density at radius 2 is 2.25 bits per heavy atom. The van der Waals surface area contributed by atoms with Crippen LogP contribution in [0.2, 0.25) is 0 Å². The van der Waals surface area contributed by atoms with E-state index in [1.165, 1.54) is 5.56 Å². The summed E-state index contributed by atoms with van der Waals surface area (Å²) in [7, 11) is 1.66. The zero-order valence-corrected chi connectivity index (χ0v) is 14.0. The molecule has 0 radical (unpaired) electrons. The van der Waals surface area contributed by atoms with E-state index in [4.69, 9.17) is 9.47 Å². The largest absolute Gasteiger partial charge is 0.491 e. The third kappa shape index (κ3) is 4.53. The van der Waals surface area contributed by atoms with Gasteiger partial charge in [0.1, 0.15) is 12.4 Å². The molecule has 0 aliphatic carbocycles. The van der Waals surface area contributed by atoms with Crippen molar-refractivity contribution in [1.29, 1.82) is 0 Å². The Bertz CT molecular complexity index is 635. The molecule has 0 amide bonds. The maximum atomic E-state index is 10.7. The molecule has 2 aromatic rings. The minimum atomic E-state index is -0.750. The number of hydrogen-bond acceptors (Lipinski definition) is 6. The molecule has 1 aromatic carbocycles. The van der Waals surface area contributed by atoms with Gasteiger partial charge in [-0.3, -0.25) is 4.90 Å². The van der Waals surface area contributed by atoms with Crippen molar-refractivity contribution >= 4 is 0 Å². The summed E-state index contributed by atoms with van der Waals surface area (Å²) >= 11 is 0. The molecule has 0 spiro atoms. The maximum Gasteiger partial charge on any atom is 0.119 e. The van der Waals surface area contributed by atoms with Gasteiger partial charge >= 0.3 is 0 Å². The third-order valence-electron chi connectivity index (χ3n) is 4.20. The number of aromatic nitrogens is 3. The molecular weight excluding hydrogens is 308 g/mol. The van der Waals surface area contributed by atoms with E-state index in [0.29, 0.717) is 26.3 Å². The van der Waals surface area contributed by atoms with Gasteiger partial charge in [0.15, 0.2) is 0 Å². The van der Waals surface area contributed by atoms with Gasteiger partial charge in [-0.2, -0.15) is 0 Å². The monoisotopic (exact) mass is 332 g/mol. The van der Waals surface area contributed by atoms with Crippen LogP contribution >= 0.6 is 0 Å². The zero-order chi connectivity index (χ0) is 16.8. The summed E-state index contributed by atoms with van der Waals surface area (Å²) in [6.45, 7) is 3.87. The smallest absolute Gasteiger partial charge is 0.119 e. The molecule has 1 N–H and O–H groups in total. The molecule has 1 unspecified atom stereocenters. The van der Waals surface area contributed by atoms with Gasteiger partial charge in [-0.15, -0.1) is 5.10 Å². The molecule has 7 nitrogen and oxygen atoms in total. The highest BCUT2D eigenvalue weighted by molar-refractivity contribution is 5.28. The number of β-amino-alcohol motifs (C(OH)–C–C–N with tert-alkyl or cyclic N) is 1. The van der Waals surface area contributed by atoms with E-state index in [1.807, 2.05) is 18.2 Å². The topological polar surface area (TPSA) is 72.6 Å². The average Bonchev–Trinajstić information content (AvgIpc) is 3.18. The maximum absolute atomic E-state index is 10.7. The molecule has 1 fully saturated rings.